The number of likely N-dealkylation sites (N-methyl/N-ethyl adjacent to an activating group) is 1. The number of nitrogens with zero attached hydrogens (tertiary/aromatic N) is 1. The molecule has 23 heavy (non-hydrogen) atoms. The third-order valence-electron chi connectivity index (χ3n) is 8.20. The van der Waals surface area contributed by atoms with Gasteiger partial charge in [-0.3, -0.25) is 4.90 Å². The molecule has 0 aromatic heterocycles. The fourth-order valence-corrected chi connectivity index (χ4v) is 5.90. The lowest BCUT2D eigenvalue weighted by Crippen LogP contribution is -2.47. The van der Waals surface area contributed by atoms with Crippen LogP contribution in [0.15, 0.2) is 23.8 Å². The second-order valence-corrected chi connectivity index (χ2v) is 9.37. The molecule has 0 amide bonds. The molecule has 3 rings (SSSR count). The summed E-state index contributed by atoms with van der Waals surface area (Å²) in [6.45, 7) is 18.8. The Hall–Kier alpha value is -0.560. The zero-order valence-corrected chi connectivity index (χ0v) is 16.1. The maximum atomic E-state index is 4.16. The molecular formula is C22H37N. The van der Waals surface area contributed by atoms with Crippen molar-refractivity contribution in [2.24, 2.45) is 22.7 Å². The molecule has 0 aromatic carbocycles. The van der Waals surface area contributed by atoms with Crippen molar-refractivity contribution in [1.29, 1.82) is 0 Å². The number of allylic oxidation sites excluding steroid dienone is 2. The maximum Gasteiger partial charge on any atom is 0.0195 e. The number of hydrogen-bond donors (Lipinski definition) is 0. The summed E-state index contributed by atoms with van der Waals surface area (Å²) < 4.78 is 0. The molecule has 0 aromatic rings. The van der Waals surface area contributed by atoms with Gasteiger partial charge >= 0.3 is 0 Å². The summed E-state index contributed by atoms with van der Waals surface area (Å²) in [5.74, 6) is 1.67. The highest BCUT2D eigenvalue weighted by atomic mass is 15.2. The van der Waals surface area contributed by atoms with Gasteiger partial charge in [0.25, 0.3) is 0 Å². The summed E-state index contributed by atoms with van der Waals surface area (Å²) in [6.07, 6.45) is 10.7. The predicted octanol–water partition coefficient (Wildman–Crippen LogP) is 5.83. The minimum absolute atomic E-state index is 0.517. The van der Waals surface area contributed by atoms with Crippen LogP contribution in [0.4, 0.5) is 0 Å². The van der Waals surface area contributed by atoms with Gasteiger partial charge in [-0.1, -0.05) is 51.5 Å². The molecule has 1 heteroatoms. The third-order valence-corrected chi connectivity index (χ3v) is 8.20. The molecule has 0 spiro atoms. The molecule has 3 aliphatic rings. The van der Waals surface area contributed by atoms with Gasteiger partial charge in [0.15, 0.2) is 0 Å². The molecule has 0 N–H and O–H groups in total. The van der Waals surface area contributed by atoms with E-state index >= 15 is 0 Å². The molecule has 4 unspecified atom stereocenters. The Bertz CT molecular complexity index is 500. The van der Waals surface area contributed by atoms with Crippen LogP contribution < -0.4 is 0 Å². The van der Waals surface area contributed by atoms with Crippen LogP contribution in [0.3, 0.4) is 0 Å². The van der Waals surface area contributed by atoms with Crippen LogP contribution >= 0.6 is 0 Å². The van der Waals surface area contributed by atoms with Crippen LogP contribution in [-0.2, 0) is 0 Å². The topological polar surface area (TPSA) is 3.24 Å². The summed E-state index contributed by atoms with van der Waals surface area (Å²) in [4.78, 5) is 2.81. The van der Waals surface area contributed by atoms with Crippen LogP contribution in [0.5, 0.6) is 0 Å². The molecule has 2 saturated carbocycles. The smallest absolute Gasteiger partial charge is 0.0195 e. The van der Waals surface area contributed by atoms with Crippen LogP contribution in [-0.4, -0.2) is 24.0 Å². The molecule has 130 valence electrons. The van der Waals surface area contributed by atoms with Gasteiger partial charge in [0.05, 0.1) is 0 Å². The lowest BCUT2D eigenvalue weighted by Gasteiger charge is -2.45. The van der Waals surface area contributed by atoms with E-state index < -0.39 is 0 Å². The maximum absolute atomic E-state index is 4.16. The summed E-state index contributed by atoms with van der Waals surface area (Å²) in [5, 5.41) is 0. The number of fused-ring (bicyclic) bond motifs is 2. The normalized spacial score (nSPS) is 38.9. The largest absolute Gasteiger partial charge is 0.296 e. The van der Waals surface area contributed by atoms with Crippen molar-refractivity contribution in [3.05, 3.63) is 23.8 Å². The molecule has 1 nitrogen and oxygen atoms in total. The first-order valence-electron chi connectivity index (χ1n) is 9.87. The van der Waals surface area contributed by atoms with Gasteiger partial charge in [-0.05, 0) is 74.7 Å². The zero-order chi connectivity index (χ0) is 16.8. The summed E-state index contributed by atoms with van der Waals surface area (Å²) in [5.41, 5.74) is 4.10. The van der Waals surface area contributed by atoms with Crippen molar-refractivity contribution in [2.45, 2.75) is 79.2 Å². The Labute approximate surface area is 144 Å². The van der Waals surface area contributed by atoms with E-state index in [1.54, 1.807) is 5.57 Å². The highest BCUT2D eigenvalue weighted by Crippen LogP contribution is 2.66. The molecule has 2 bridgehead atoms. The van der Waals surface area contributed by atoms with Gasteiger partial charge < -0.3 is 0 Å². The van der Waals surface area contributed by atoms with Gasteiger partial charge in [0.2, 0.25) is 0 Å². The fourth-order valence-electron chi connectivity index (χ4n) is 5.90. The Morgan fingerprint density at radius 1 is 1.30 bits per heavy atom. The van der Waals surface area contributed by atoms with Crippen molar-refractivity contribution >= 4 is 0 Å². The highest BCUT2D eigenvalue weighted by Gasteiger charge is 2.62. The SMILES string of the molecule is C=C(C)C1CC=C(CN(CC)C2CC3CCC2(C)C3(C)C)CC1. The average molecular weight is 316 g/mol. The van der Waals surface area contributed by atoms with E-state index in [-0.39, 0.29) is 0 Å². The van der Waals surface area contributed by atoms with Crippen molar-refractivity contribution in [1.82, 2.24) is 4.90 Å². The van der Waals surface area contributed by atoms with Gasteiger partial charge in [-0.2, -0.15) is 0 Å². The highest BCUT2D eigenvalue weighted by molar-refractivity contribution is 5.17. The van der Waals surface area contributed by atoms with Crippen molar-refractivity contribution in [2.75, 3.05) is 13.1 Å². The Morgan fingerprint density at radius 3 is 2.48 bits per heavy atom. The van der Waals surface area contributed by atoms with E-state index in [0.717, 1.165) is 17.9 Å². The minimum Gasteiger partial charge on any atom is -0.296 e. The van der Waals surface area contributed by atoms with Crippen molar-refractivity contribution in [3.63, 3.8) is 0 Å². The van der Waals surface area contributed by atoms with E-state index in [1.165, 1.54) is 57.2 Å². The first kappa shape index (κ1) is 17.3. The van der Waals surface area contributed by atoms with Crippen LogP contribution in [0.25, 0.3) is 0 Å². The van der Waals surface area contributed by atoms with E-state index in [2.05, 4.69) is 52.2 Å². The lowest BCUT2D eigenvalue weighted by molar-refractivity contribution is 0.0506. The fraction of sp³-hybridized carbons (Fsp3) is 0.818. The monoisotopic (exact) mass is 315 g/mol. The number of hydrogen-bond acceptors (Lipinski definition) is 1. The van der Waals surface area contributed by atoms with Crippen molar-refractivity contribution < 1.29 is 0 Å². The third kappa shape index (κ3) is 2.73. The Morgan fingerprint density at radius 2 is 2.04 bits per heavy atom. The van der Waals surface area contributed by atoms with E-state index in [1.807, 2.05) is 0 Å². The van der Waals surface area contributed by atoms with E-state index in [4.69, 9.17) is 0 Å². The standard InChI is InChI=1S/C22H37N/c1-7-23(15-17-8-10-18(11-9-17)16(2)3)20-14-19-12-13-22(20,6)21(19,4)5/h8,18-20H,2,7,9-15H2,1,3-6H3. The van der Waals surface area contributed by atoms with Gasteiger partial charge in [0, 0.05) is 12.6 Å². The zero-order valence-electron chi connectivity index (χ0n) is 16.1. The quantitative estimate of drug-likeness (QED) is 0.577. The van der Waals surface area contributed by atoms with E-state index in [0.29, 0.717) is 10.8 Å². The summed E-state index contributed by atoms with van der Waals surface area (Å²) in [7, 11) is 0. The Balaban J connectivity index is 1.69. The first-order valence-corrected chi connectivity index (χ1v) is 9.87. The molecule has 3 aliphatic carbocycles. The Kier molecular flexibility index (Phi) is 4.55. The number of rotatable bonds is 5. The van der Waals surface area contributed by atoms with Gasteiger partial charge in [-0.15, -0.1) is 0 Å². The predicted molar refractivity (Wildman–Crippen MR) is 101 cm³/mol. The molecule has 0 radical (unpaired) electrons. The second kappa shape index (κ2) is 6.06. The van der Waals surface area contributed by atoms with Crippen LogP contribution in [0.1, 0.15) is 73.1 Å². The van der Waals surface area contributed by atoms with Gasteiger partial charge in [-0.25, -0.2) is 0 Å². The summed E-state index contributed by atoms with van der Waals surface area (Å²) >= 11 is 0. The second-order valence-electron chi connectivity index (χ2n) is 9.37. The lowest BCUT2D eigenvalue weighted by atomic mass is 9.68. The van der Waals surface area contributed by atoms with Crippen LogP contribution in [0.2, 0.25) is 0 Å². The molecular weight excluding hydrogens is 278 g/mol. The average Bonchev–Trinajstić information content (AvgIpc) is 2.86. The van der Waals surface area contributed by atoms with Crippen LogP contribution in [0, 0.1) is 22.7 Å². The van der Waals surface area contributed by atoms with Crippen molar-refractivity contribution in [3.8, 4) is 0 Å². The first-order chi connectivity index (χ1) is 10.8. The van der Waals surface area contributed by atoms with E-state index in [9.17, 15) is 0 Å². The molecule has 0 heterocycles. The molecule has 2 fully saturated rings. The van der Waals surface area contributed by atoms with Gasteiger partial charge in [0.1, 0.15) is 0 Å². The minimum atomic E-state index is 0.517. The molecule has 4 atom stereocenters. The molecule has 0 saturated heterocycles. The molecule has 0 aliphatic heterocycles. The summed E-state index contributed by atoms with van der Waals surface area (Å²) in [6, 6.07) is 0.793.